The van der Waals surface area contributed by atoms with Crippen LogP contribution >= 0.6 is 11.8 Å². The number of nitrogens with one attached hydrogen (secondary N) is 1. The smallest absolute Gasteiger partial charge is 0.392 e. The summed E-state index contributed by atoms with van der Waals surface area (Å²) < 4.78 is 53.3. The number of tetrazole rings is 1. The van der Waals surface area contributed by atoms with Crippen LogP contribution in [0.5, 0.6) is 0 Å². The molecular formula is C29H33F3N6O5S. The number of aryl methyl sites for hydroxylation is 1. The van der Waals surface area contributed by atoms with Gasteiger partial charge in [0, 0.05) is 37.4 Å². The van der Waals surface area contributed by atoms with Crippen molar-refractivity contribution in [3.05, 3.63) is 70.8 Å². The number of halogens is 3. The van der Waals surface area contributed by atoms with E-state index >= 15 is 0 Å². The topological polar surface area (TPSA) is 132 Å². The van der Waals surface area contributed by atoms with Gasteiger partial charge in [-0.05, 0) is 40.0 Å². The predicted molar refractivity (Wildman–Crippen MR) is 152 cm³/mol. The molecule has 2 N–H and O–H groups in total. The van der Waals surface area contributed by atoms with E-state index in [-0.39, 0.29) is 44.2 Å². The van der Waals surface area contributed by atoms with E-state index in [2.05, 4.69) is 27.8 Å². The fraction of sp³-hybridized carbons (Fsp3) is 0.483. The molecule has 0 bridgehead atoms. The second-order valence-corrected chi connectivity index (χ2v) is 11.8. The lowest BCUT2D eigenvalue weighted by atomic mass is 9.91. The van der Waals surface area contributed by atoms with Gasteiger partial charge in [-0.15, -0.1) is 5.10 Å². The summed E-state index contributed by atoms with van der Waals surface area (Å²) in [5.41, 5.74) is 3.21. The Bertz CT molecular complexity index is 1440. The monoisotopic (exact) mass is 634 g/mol. The van der Waals surface area contributed by atoms with Crippen LogP contribution in [0.4, 0.5) is 13.2 Å². The molecule has 5 rings (SSSR count). The van der Waals surface area contributed by atoms with Gasteiger partial charge in [0.25, 0.3) is 0 Å². The molecule has 11 nitrogen and oxygen atoms in total. The zero-order chi connectivity index (χ0) is 31.4. The Morgan fingerprint density at radius 1 is 1.07 bits per heavy atom. The number of aliphatic hydroxyl groups excluding tert-OH is 1. The van der Waals surface area contributed by atoms with Crippen molar-refractivity contribution < 1.29 is 37.3 Å². The molecule has 2 aliphatic heterocycles. The van der Waals surface area contributed by atoms with Gasteiger partial charge in [0.15, 0.2) is 6.29 Å². The fourth-order valence-electron chi connectivity index (χ4n) is 5.35. The van der Waals surface area contributed by atoms with E-state index in [1.807, 2.05) is 36.4 Å². The van der Waals surface area contributed by atoms with Gasteiger partial charge in [0.1, 0.15) is 6.04 Å². The first kappa shape index (κ1) is 31.9. The Kier molecular flexibility index (Phi) is 9.87. The van der Waals surface area contributed by atoms with Crippen LogP contribution in [0.15, 0.2) is 53.7 Å². The minimum absolute atomic E-state index is 0.0335. The summed E-state index contributed by atoms with van der Waals surface area (Å²) in [5, 5.41) is 24.4. The number of ether oxygens (including phenoxy) is 2. The van der Waals surface area contributed by atoms with Crippen molar-refractivity contribution in [3.8, 4) is 0 Å². The van der Waals surface area contributed by atoms with Crippen LogP contribution in [0.1, 0.15) is 54.4 Å². The number of carbonyl (C=O) groups is 2. The second-order valence-electron chi connectivity index (χ2n) is 10.8. The first-order chi connectivity index (χ1) is 21.0. The number of alkyl halides is 3. The number of rotatable bonds is 9. The van der Waals surface area contributed by atoms with Gasteiger partial charge >= 0.3 is 12.1 Å². The average Bonchev–Trinajstić information content (AvgIpc) is 3.68. The number of hydrogen-bond donors (Lipinski definition) is 2. The quantitative estimate of drug-likeness (QED) is 0.340. The van der Waals surface area contributed by atoms with Crippen LogP contribution in [0, 0.1) is 5.92 Å². The largest absolute Gasteiger partial charge is 0.471 e. The first-order valence-corrected chi connectivity index (χ1v) is 15.1. The predicted octanol–water partition coefficient (Wildman–Crippen LogP) is 3.46. The van der Waals surface area contributed by atoms with Crippen molar-refractivity contribution >= 4 is 23.6 Å². The third kappa shape index (κ3) is 7.22. The molecule has 0 spiro atoms. The fourth-order valence-corrected chi connectivity index (χ4v) is 6.37. The van der Waals surface area contributed by atoms with E-state index in [1.54, 1.807) is 23.9 Å². The third-order valence-electron chi connectivity index (χ3n) is 7.86. The molecule has 3 aromatic rings. The van der Waals surface area contributed by atoms with Crippen molar-refractivity contribution in [2.45, 2.75) is 68.8 Å². The van der Waals surface area contributed by atoms with Gasteiger partial charge in [-0.2, -0.15) is 13.2 Å². The summed E-state index contributed by atoms with van der Waals surface area (Å²) >= 11 is 1.48. The van der Waals surface area contributed by atoms with Crippen LogP contribution in [0.25, 0.3) is 0 Å². The van der Waals surface area contributed by atoms with Crippen molar-refractivity contribution in [1.82, 2.24) is 30.4 Å². The highest BCUT2D eigenvalue weighted by atomic mass is 32.2. The standard InChI is InChI=1S/C29H33F3N6O5S/c1-17-23(16-44-28-34-35-36-37(28)2)42-26(43-24(17)20-9-7-19(15-39)8-10-20)21-11-5-18(6-12-21)14-33-25(40)22-4-3-13-38(22)27(41)29(30,31)32/h5-12,17,22-24,26,39H,3-4,13-16H2,1-2H3,(H,33,40)/t17-,22+,23+,24+,26+/m1/s1. The lowest BCUT2D eigenvalue weighted by Gasteiger charge is -2.41. The van der Waals surface area contributed by atoms with Crippen LogP contribution in [-0.4, -0.2) is 72.6 Å². The summed E-state index contributed by atoms with van der Waals surface area (Å²) in [6.45, 7) is 1.97. The molecule has 0 radical (unpaired) electrons. The van der Waals surface area contributed by atoms with E-state index < -0.39 is 30.3 Å². The normalized spacial score (nSPS) is 24.0. The summed E-state index contributed by atoms with van der Waals surface area (Å²) in [7, 11) is 1.76. The summed E-state index contributed by atoms with van der Waals surface area (Å²) in [6.07, 6.45) is -5.76. The zero-order valence-corrected chi connectivity index (χ0v) is 24.9. The lowest BCUT2D eigenvalue weighted by Crippen LogP contribution is -2.50. The molecule has 0 unspecified atom stereocenters. The maximum absolute atomic E-state index is 12.9. The molecule has 2 aromatic carbocycles. The molecule has 2 amide bonds. The van der Waals surface area contributed by atoms with Gasteiger partial charge in [-0.3, -0.25) is 9.59 Å². The number of hydrogen-bond acceptors (Lipinski definition) is 9. The van der Waals surface area contributed by atoms with E-state index in [0.29, 0.717) is 22.2 Å². The molecule has 0 aliphatic carbocycles. The van der Waals surface area contributed by atoms with Crippen LogP contribution in [0.2, 0.25) is 0 Å². The maximum Gasteiger partial charge on any atom is 0.471 e. The van der Waals surface area contributed by atoms with Gasteiger partial charge in [-0.1, -0.05) is 67.2 Å². The second kappa shape index (κ2) is 13.6. The maximum atomic E-state index is 12.9. The number of nitrogens with zero attached hydrogens (tertiary/aromatic N) is 5. The van der Waals surface area contributed by atoms with Crippen molar-refractivity contribution in [3.63, 3.8) is 0 Å². The molecule has 0 saturated carbocycles. The molecule has 3 heterocycles. The Labute approximate surface area is 256 Å². The molecule has 1 aromatic heterocycles. The SMILES string of the molecule is C[C@@H]1[C@H](CSc2nnnn2C)O[C@H](c2ccc(CNC(=O)[C@@H]3CCCN3C(=O)C(F)(F)F)cc2)O[C@@H]1c1ccc(CO)cc1. The van der Waals surface area contributed by atoms with E-state index in [4.69, 9.17) is 9.47 Å². The minimum atomic E-state index is -5.02. The number of aliphatic hydroxyl groups is 1. The van der Waals surface area contributed by atoms with E-state index in [1.165, 1.54) is 11.8 Å². The molecule has 2 aliphatic rings. The third-order valence-corrected chi connectivity index (χ3v) is 8.96. The van der Waals surface area contributed by atoms with Gasteiger partial charge in [0.2, 0.25) is 11.1 Å². The van der Waals surface area contributed by atoms with Crippen LogP contribution < -0.4 is 5.32 Å². The van der Waals surface area contributed by atoms with E-state index in [9.17, 15) is 27.9 Å². The zero-order valence-electron chi connectivity index (χ0n) is 24.1. The van der Waals surface area contributed by atoms with Gasteiger partial charge < -0.3 is 24.8 Å². The summed E-state index contributed by atoms with van der Waals surface area (Å²) in [6, 6.07) is 13.7. The number of likely N-dealkylation sites (tertiary alicyclic amines) is 1. The lowest BCUT2D eigenvalue weighted by molar-refractivity contribution is -0.268. The molecule has 2 saturated heterocycles. The highest BCUT2D eigenvalue weighted by molar-refractivity contribution is 7.99. The molecule has 236 valence electrons. The number of aromatic nitrogens is 4. The highest BCUT2D eigenvalue weighted by Crippen LogP contribution is 2.43. The molecule has 5 atom stereocenters. The van der Waals surface area contributed by atoms with E-state index in [0.717, 1.165) is 22.3 Å². The van der Waals surface area contributed by atoms with Gasteiger partial charge in [0.05, 0.1) is 18.8 Å². The van der Waals surface area contributed by atoms with Crippen molar-refractivity contribution in [1.29, 1.82) is 0 Å². The van der Waals surface area contributed by atoms with Crippen LogP contribution in [-0.2, 0) is 39.3 Å². The number of amides is 2. The molecule has 15 heteroatoms. The first-order valence-electron chi connectivity index (χ1n) is 14.1. The highest BCUT2D eigenvalue weighted by Gasteiger charge is 2.47. The Morgan fingerprint density at radius 3 is 2.39 bits per heavy atom. The summed E-state index contributed by atoms with van der Waals surface area (Å²) in [4.78, 5) is 25.0. The van der Waals surface area contributed by atoms with Gasteiger partial charge in [-0.25, -0.2) is 4.68 Å². The Hall–Kier alpha value is -3.53. The number of benzene rings is 2. The number of thioether (sulfide) groups is 1. The molecular weight excluding hydrogens is 601 g/mol. The molecule has 44 heavy (non-hydrogen) atoms. The Balaban J connectivity index is 1.26. The minimum Gasteiger partial charge on any atom is -0.392 e. The Morgan fingerprint density at radius 2 is 1.75 bits per heavy atom. The van der Waals surface area contributed by atoms with Crippen molar-refractivity contribution in [2.75, 3.05) is 12.3 Å². The van der Waals surface area contributed by atoms with Crippen molar-refractivity contribution in [2.24, 2.45) is 13.0 Å². The van der Waals surface area contributed by atoms with Crippen LogP contribution in [0.3, 0.4) is 0 Å². The average molecular weight is 635 g/mol. The number of carbonyl (C=O) groups excluding carboxylic acids is 2. The summed E-state index contributed by atoms with van der Waals surface area (Å²) in [5.74, 6) is -2.08. The molecule has 2 fully saturated rings.